The molecule has 1 aliphatic rings. The zero-order valence-corrected chi connectivity index (χ0v) is 16.0. The molecule has 1 heterocycles. The number of carbonyl (C=O) groups is 1. The summed E-state index contributed by atoms with van der Waals surface area (Å²) in [6.07, 6.45) is -3.72. The standard InChI is InChI=1S/C21H25F3N2O/c1-13(2)11-14-9-10-17(16-8-6-5-7-15(14)16)18(21(22,23)24)26-12-20(3,4)19(27)25-26/h5-10,13,18H,11-12H2,1-4H3,(H,25,27). The molecule has 1 fully saturated rings. The summed E-state index contributed by atoms with van der Waals surface area (Å²) in [7, 11) is 0. The number of halogens is 3. The van der Waals surface area contributed by atoms with Crippen LogP contribution in [0.4, 0.5) is 13.2 Å². The Morgan fingerprint density at radius 3 is 2.26 bits per heavy atom. The first-order valence-corrected chi connectivity index (χ1v) is 9.15. The molecular formula is C21H25F3N2O. The van der Waals surface area contributed by atoms with Crippen LogP contribution in [0.1, 0.15) is 44.9 Å². The summed E-state index contributed by atoms with van der Waals surface area (Å²) in [5, 5.41) is 2.45. The Hall–Kier alpha value is -2.08. The van der Waals surface area contributed by atoms with E-state index in [9.17, 15) is 18.0 Å². The van der Waals surface area contributed by atoms with Gasteiger partial charge in [0.15, 0.2) is 6.04 Å². The summed E-state index contributed by atoms with van der Waals surface area (Å²) < 4.78 is 42.2. The molecular weight excluding hydrogens is 353 g/mol. The number of rotatable bonds is 4. The second-order valence-electron chi connectivity index (χ2n) is 8.35. The van der Waals surface area contributed by atoms with Crippen molar-refractivity contribution in [2.75, 3.05) is 6.54 Å². The van der Waals surface area contributed by atoms with Crippen LogP contribution in [-0.4, -0.2) is 23.6 Å². The van der Waals surface area contributed by atoms with Crippen LogP contribution in [0.15, 0.2) is 36.4 Å². The van der Waals surface area contributed by atoms with Crippen molar-refractivity contribution in [2.24, 2.45) is 11.3 Å². The van der Waals surface area contributed by atoms with Gasteiger partial charge in [-0.15, -0.1) is 0 Å². The fourth-order valence-electron chi connectivity index (χ4n) is 3.74. The first-order chi connectivity index (χ1) is 12.5. The van der Waals surface area contributed by atoms with Gasteiger partial charge >= 0.3 is 6.18 Å². The summed E-state index contributed by atoms with van der Waals surface area (Å²) in [6, 6.07) is 8.67. The van der Waals surface area contributed by atoms with Gasteiger partial charge in [0.25, 0.3) is 0 Å². The number of alkyl halides is 3. The molecule has 1 N–H and O–H groups in total. The summed E-state index contributed by atoms with van der Waals surface area (Å²) in [5.41, 5.74) is 2.78. The maximum absolute atomic E-state index is 14.1. The highest BCUT2D eigenvalue weighted by atomic mass is 19.4. The molecule has 2 aromatic rings. The number of carbonyl (C=O) groups excluding carboxylic acids is 1. The third kappa shape index (κ3) is 3.81. The van der Waals surface area contributed by atoms with E-state index in [2.05, 4.69) is 19.3 Å². The quantitative estimate of drug-likeness (QED) is 0.811. The second-order valence-corrected chi connectivity index (χ2v) is 8.35. The number of hydrogen-bond donors (Lipinski definition) is 1. The largest absolute Gasteiger partial charge is 0.409 e. The molecule has 2 aromatic carbocycles. The second kappa shape index (κ2) is 6.82. The molecule has 0 saturated carbocycles. The van der Waals surface area contributed by atoms with Gasteiger partial charge in [0.2, 0.25) is 5.91 Å². The average molecular weight is 378 g/mol. The minimum Gasteiger partial charge on any atom is -0.287 e. The number of hydrogen-bond acceptors (Lipinski definition) is 2. The molecule has 0 bridgehead atoms. The summed E-state index contributed by atoms with van der Waals surface area (Å²) in [4.78, 5) is 12.1. The van der Waals surface area contributed by atoms with Gasteiger partial charge in [0, 0.05) is 6.54 Å². The van der Waals surface area contributed by atoms with Crippen LogP contribution in [-0.2, 0) is 11.2 Å². The van der Waals surface area contributed by atoms with E-state index in [4.69, 9.17) is 0 Å². The normalized spacial score (nSPS) is 18.9. The van der Waals surface area contributed by atoms with E-state index in [0.717, 1.165) is 22.4 Å². The topological polar surface area (TPSA) is 32.3 Å². The molecule has 146 valence electrons. The van der Waals surface area contributed by atoms with Crippen molar-refractivity contribution in [1.29, 1.82) is 0 Å². The number of benzene rings is 2. The zero-order valence-electron chi connectivity index (χ0n) is 16.0. The van der Waals surface area contributed by atoms with E-state index in [1.54, 1.807) is 38.1 Å². The lowest BCUT2D eigenvalue weighted by Crippen LogP contribution is -2.43. The molecule has 3 nitrogen and oxygen atoms in total. The maximum atomic E-state index is 14.1. The van der Waals surface area contributed by atoms with Crippen molar-refractivity contribution in [3.8, 4) is 0 Å². The van der Waals surface area contributed by atoms with Gasteiger partial charge < -0.3 is 0 Å². The molecule has 0 spiro atoms. The van der Waals surface area contributed by atoms with E-state index < -0.39 is 23.5 Å². The van der Waals surface area contributed by atoms with Gasteiger partial charge in [0.05, 0.1) is 5.41 Å². The molecule has 6 heteroatoms. The molecule has 1 atom stereocenters. The van der Waals surface area contributed by atoms with Crippen LogP contribution >= 0.6 is 0 Å². The number of nitrogens with one attached hydrogen (secondary N) is 1. The lowest BCUT2D eigenvalue weighted by atomic mass is 9.90. The number of nitrogens with zero attached hydrogens (tertiary/aromatic N) is 1. The zero-order chi connectivity index (χ0) is 20.0. The first kappa shape index (κ1) is 19.7. The number of hydrazine groups is 1. The van der Waals surface area contributed by atoms with E-state index in [-0.39, 0.29) is 12.1 Å². The van der Waals surface area contributed by atoms with Crippen molar-refractivity contribution in [3.05, 3.63) is 47.5 Å². The van der Waals surface area contributed by atoms with Crippen molar-refractivity contribution >= 4 is 16.7 Å². The Morgan fingerprint density at radius 1 is 1.11 bits per heavy atom. The van der Waals surface area contributed by atoms with Gasteiger partial charge in [-0.1, -0.05) is 50.2 Å². The Labute approximate surface area is 157 Å². The molecule has 0 aromatic heterocycles. The molecule has 1 amide bonds. The first-order valence-electron chi connectivity index (χ1n) is 9.15. The number of amides is 1. The van der Waals surface area contributed by atoms with Crippen LogP contribution in [0.3, 0.4) is 0 Å². The van der Waals surface area contributed by atoms with E-state index in [0.29, 0.717) is 11.3 Å². The lowest BCUT2D eigenvalue weighted by molar-refractivity contribution is -0.191. The Bertz CT molecular complexity index is 858. The predicted octanol–water partition coefficient (Wildman–Crippen LogP) is 5.01. The van der Waals surface area contributed by atoms with Crippen LogP contribution in [0.5, 0.6) is 0 Å². The highest BCUT2D eigenvalue weighted by Gasteiger charge is 2.51. The van der Waals surface area contributed by atoms with Crippen LogP contribution < -0.4 is 5.43 Å². The highest BCUT2D eigenvalue weighted by molar-refractivity contribution is 5.89. The van der Waals surface area contributed by atoms with Gasteiger partial charge in [0.1, 0.15) is 0 Å². The fraction of sp³-hybridized carbons (Fsp3) is 0.476. The smallest absolute Gasteiger partial charge is 0.287 e. The molecule has 1 aliphatic heterocycles. The summed E-state index contributed by atoms with van der Waals surface area (Å²) in [6.45, 7) is 7.48. The van der Waals surface area contributed by atoms with Crippen molar-refractivity contribution in [2.45, 2.75) is 46.3 Å². The monoisotopic (exact) mass is 378 g/mol. The molecule has 0 radical (unpaired) electrons. The van der Waals surface area contributed by atoms with Crippen molar-refractivity contribution in [1.82, 2.24) is 10.4 Å². The third-order valence-electron chi connectivity index (χ3n) is 5.02. The van der Waals surface area contributed by atoms with E-state index in [1.165, 1.54) is 0 Å². The molecule has 3 rings (SSSR count). The minimum atomic E-state index is -4.52. The SMILES string of the molecule is CC(C)Cc1ccc(C(N2CC(C)(C)C(=O)N2)C(F)(F)F)c2ccccc12. The molecule has 1 unspecified atom stereocenters. The maximum Gasteiger partial charge on any atom is 0.409 e. The van der Waals surface area contributed by atoms with Crippen molar-refractivity contribution < 1.29 is 18.0 Å². The highest BCUT2D eigenvalue weighted by Crippen LogP contribution is 2.43. The minimum absolute atomic E-state index is 0.00190. The fourth-order valence-corrected chi connectivity index (χ4v) is 3.74. The van der Waals surface area contributed by atoms with Crippen LogP contribution in [0.2, 0.25) is 0 Å². The molecule has 27 heavy (non-hydrogen) atoms. The van der Waals surface area contributed by atoms with Gasteiger partial charge in [-0.25, -0.2) is 5.01 Å². The molecule has 0 aliphatic carbocycles. The summed E-state index contributed by atoms with van der Waals surface area (Å²) >= 11 is 0. The third-order valence-corrected chi connectivity index (χ3v) is 5.02. The van der Waals surface area contributed by atoms with Crippen LogP contribution in [0.25, 0.3) is 10.8 Å². The van der Waals surface area contributed by atoms with Crippen LogP contribution in [0, 0.1) is 11.3 Å². The summed E-state index contributed by atoms with van der Waals surface area (Å²) in [5.74, 6) is 0.00817. The average Bonchev–Trinajstić information content (AvgIpc) is 2.80. The Kier molecular flexibility index (Phi) is 4.97. The van der Waals surface area contributed by atoms with Gasteiger partial charge in [-0.05, 0) is 48.1 Å². The number of fused-ring (bicyclic) bond motifs is 1. The molecule has 1 saturated heterocycles. The van der Waals surface area contributed by atoms with Crippen molar-refractivity contribution in [3.63, 3.8) is 0 Å². The predicted molar refractivity (Wildman–Crippen MR) is 99.9 cm³/mol. The van der Waals surface area contributed by atoms with E-state index >= 15 is 0 Å². The van der Waals surface area contributed by atoms with Gasteiger partial charge in [-0.3, -0.25) is 10.2 Å². The Morgan fingerprint density at radius 2 is 1.74 bits per heavy atom. The van der Waals surface area contributed by atoms with E-state index in [1.807, 2.05) is 12.1 Å². The van der Waals surface area contributed by atoms with Gasteiger partial charge in [-0.2, -0.15) is 13.2 Å². The lowest BCUT2D eigenvalue weighted by Gasteiger charge is -2.31. The Balaban J connectivity index is 2.14.